The third-order valence-corrected chi connectivity index (χ3v) is 6.08. The van der Waals surface area contributed by atoms with Crippen LogP contribution < -0.4 is 5.32 Å². The van der Waals surface area contributed by atoms with Crippen LogP contribution >= 0.6 is 11.3 Å². The van der Waals surface area contributed by atoms with Crippen LogP contribution in [0.4, 0.5) is 4.79 Å². The largest absolute Gasteiger partial charge is 0.374 e. The number of ether oxygens (including phenoxy) is 1. The van der Waals surface area contributed by atoms with Gasteiger partial charge in [0.05, 0.1) is 19.0 Å². The van der Waals surface area contributed by atoms with Gasteiger partial charge in [0.1, 0.15) is 0 Å². The van der Waals surface area contributed by atoms with Crippen LogP contribution in [-0.4, -0.2) is 68.8 Å². The number of amides is 2. The van der Waals surface area contributed by atoms with Crippen LogP contribution in [-0.2, 0) is 21.3 Å². The lowest BCUT2D eigenvalue weighted by molar-refractivity contribution is 0.000855. The molecule has 1 aromatic heterocycles. The Morgan fingerprint density at radius 1 is 1.52 bits per heavy atom. The SMILES string of the molecule is CCCCN(Cc1ccsc1)C(=O)NC[C@H]1CN(S(C)(=O)=O)CCO1. The van der Waals surface area contributed by atoms with Crippen molar-refractivity contribution in [2.24, 2.45) is 0 Å². The number of nitrogens with zero attached hydrogens (tertiary/aromatic N) is 2. The van der Waals surface area contributed by atoms with Crippen LogP contribution in [0, 0.1) is 0 Å². The van der Waals surface area contributed by atoms with Gasteiger partial charge in [0.25, 0.3) is 0 Å². The van der Waals surface area contributed by atoms with E-state index in [-0.39, 0.29) is 18.7 Å². The summed E-state index contributed by atoms with van der Waals surface area (Å²) in [6.07, 6.45) is 2.84. The first kappa shape index (κ1) is 20.2. The van der Waals surface area contributed by atoms with E-state index in [4.69, 9.17) is 4.74 Å². The number of unbranched alkanes of at least 4 members (excludes halogenated alkanes) is 1. The maximum Gasteiger partial charge on any atom is 0.317 e. The highest BCUT2D eigenvalue weighted by molar-refractivity contribution is 7.88. The molecule has 1 aromatic rings. The van der Waals surface area contributed by atoms with Gasteiger partial charge in [-0.1, -0.05) is 13.3 Å². The molecule has 7 nitrogen and oxygen atoms in total. The first-order valence-electron chi connectivity index (χ1n) is 8.50. The van der Waals surface area contributed by atoms with E-state index in [0.717, 1.165) is 18.4 Å². The van der Waals surface area contributed by atoms with E-state index in [2.05, 4.69) is 12.2 Å². The van der Waals surface area contributed by atoms with Gasteiger partial charge in [-0.25, -0.2) is 13.2 Å². The molecule has 2 rings (SSSR count). The maximum atomic E-state index is 12.5. The molecule has 1 atom stereocenters. The molecule has 0 aromatic carbocycles. The second-order valence-corrected chi connectivity index (χ2v) is 8.97. The van der Waals surface area contributed by atoms with Crippen LogP contribution in [0.1, 0.15) is 25.3 Å². The normalized spacial score (nSPS) is 18.9. The standard InChI is InChI=1S/C16H27N3O4S2/c1-3-4-6-18(11-14-5-9-24-13-14)16(20)17-10-15-12-19(7-8-23-15)25(2,21)22/h5,9,13,15H,3-4,6-8,10-12H2,1-2H3,(H,17,20)/t15-/m0/s1. The van der Waals surface area contributed by atoms with E-state index < -0.39 is 10.0 Å². The Balaban J connectivity index is 1.87. The lowest BCUT2D eigenvalue weighted by Crippen LogP contribution is -2.51. The number of morpholine rings is 1. The third-order valence-electron chi connectivity index (χ3n) is 4.07. The second-order valence-electron chi connectivity index (χ2n) is 6.21. The van der Waals surface area contributed by atoms with Gasteiger partial charge in [0.15, 0.2) is 0 Å². The van der Waals surface area contributed by atoms with Crippen molar-refractivity contribution in [3.8, 4) is 0 Å². The van der Waals surface area contributed by atoms with Gasteiger partial charge in [-0.15, -0.1) is 0 Å². The molecule has 2 amide bonds. The van der Waals surface area contributed by atoms with Crippen molar-refractivity contribution in [3.63, 3.8) is 0 Å². The number of hydrogen-bond acceptors (Lipinski definition) is 5. The van der Waals surface area contributed by atoms with Crippen LogP contribution in [0.2, 0.25) is 0 Å². The number of rotatable bonds is 8. The highest BCUT2D eigenvalue weighted by atomic mass is 32.2. The zero-order valence-corrected chi connectivity index (χ0v) is 16.4. The van der Waals surface area contributed by atoms with Crippen molar-refractivity contribution < 1.29 is 17.9 Å². The summed E-state index contributed by atoms with van der Waals surface area (Å²) in [4.78, 5) is 14.3. The Morgan fingerprint density at radius 3 is 2.96 bits per heavy atom. The predicted molar refractivity (Wildman–Crippen MR) is 99.2 cm³/mol. The Kier molecular flexibility index (Phi) is 7.67. The van der Waals surface area contributed by atoms with Crippen molar-refractivity contribution in [1.29, 1.82) is 0 Å². The number of sulfonamides is 1. The highest BCUT2D eigenvalue weighted by Gasteiger charge is 2.27. The van der Waals surface area contributed by atoms with Crippen LogP contribution in [0.25, 0.3) is 0 Å². The number of carbonyl (C=O) groups is 1. The summed E-state index contributed by atoms with van der Waals surface area (Å²) in [6, 6.07) is 1.88. The molecule has 0 aliphatic carbocycles. The van der Waals surface area contributed by atoms with Crippen LogP contribution in [0.15, 0.2) is 16.8 Å². The number of nitrogens with one attached hydrogen (secondary N) is 1. The molecule has 1 aliphatic heterocycles. The average molecular weight is 390 g/mol. The molecule has 0 bridgehead atoms. The molecule has 1 saturated heterocycles. The highest BCUT2D eigenvalue weighted by Crippen LogP contribution is 2.11. The van der Waals surface area contributed by atoms with Crippen molar-refractivity contribution in [3.05, 3.63) is 22.4 Å². The van der Waals surface area contributed by atoms with Gasteiger partial charge in [-0.05, 0) is 28.8 Å². The molecule has 25 heavy (non-hydrogen) atoms. The summed E-state index contributed by atoms with van der Waals surface area (Å²) >= 11 is 1.61. The monoisotopic (exact) mass is 389 g/mol. The van der Waals surface area contributed by atoms with E-state index in [0.29, 0.717) is 32.8 Å². The molecule has 142 valence electrons. The molecule has 0 unspecified atom stereocenters. The molecular formula is C16H27N3O4S2. The Labute approximate surface area is 154 Å². The third kappa shape index (κ3) is 6.58. The number of urea groups is 1. The smallest absolute Gasteiger partial charge is 0.317 e. The Morgan fingerprint density at radius 2 is 2.32 bits per heavy atom. The topological polar surface area (TPSA) is 79.0 Å². The molecular weight excluding hydrogens is 362 g/mol. The molecule has 1 aliphatic rings. The molecule has 0 saturated carbocycles. The number of thiophene rings is 1. The molecule has 2 heterocycles. The lowest BCUT2D eigenvalue weighted by atomic mass is 10.2. The molecule has 0 radical (unpaired) electrons. The van der Waals surface area contributed by atoms with Gasteiger partial charge < -0.3 is 15.0 Å². The van der Waals surface area contributed by atoms with Gasteiger partial charge in [-0.3, -0.25) is 0 Å². The van der Waals surface area contributed by atoms with E-state index in [1.807, 2.05) is 16.8 Å². The summed E-state index contributed by atoms with van der Waals surface area (Å²) in [5.41, 5.74) is 1.12. The Bertz CT molecular complexity index is 634. The fourth-order valence-corrected chi connectivity index (χ4v) is 4.14. The fraction of sp³-hybridized carbons (Fsp3) is 0.688. The van der Waals surface area contributed by atoms with Gasteiger partial charge in [0, 0.05) is 32.7 Å². The quantitative estimate of drug-likeness (QED) is 0.734. The minimum Gasteiger partial charge on any atom is -0.374 e. The summed E-state index contributed by atoms with van der Waals surface area (Å²) in [5.74, 6) is 0. The first-order chi connectivity index (χ1) is 11.9. The number of hydrogen-bond donors (Lipinski definition) is 1. The van der Waals surface area contributed by atoms with Crippen LogP contribution in [0.3, 0.4) is 0 Å². The van der Waals surface area contributed by atoms with Crippen molar-refractivity contribution in [1.82, 2.24) is 14.5 Å². The van der Waals surface area contributed by atoms with Crippen LogP contribution in [0.5, 0.6) is 0 Å². The average Bonchev–Trinajstić information content (AvgIpc) is 3.09. The van der Waals surface area contributed by atoms with Crippen molar-refractivity contribution in [2.45, 2.75) is 32.4 Å². The molecule has 9 heteroatoms. The second kappa shape index (κ2) is 9.51. The van der Waals surface area contributed by atoms with Crippen molar-refractivity contribution in [2.75, 3.05) is 39.0 Å². The summed E-state index contributed by atoms with van der Waals surface area (Å²) in [7, 11) is -3.23. The summed E-state index contributed by atoms with van der Waals surface area (Å²) in [5, 5.41) is 6.93. The van der Waals surface area contributed by atoms with E-state index >= 15 is 0 Å². The maximum absolute atomic E-state index is 12.5. The Hall–Kier alpha value is -1.16. The lowest BCUT2D eigenvalue weighted by Gasteiger charge is -2.32. The predicted octanol–water partition coefficient (Wildman–Crippen LogP) is 1.72. The van der Waals surface area contributed by atoms with Crippen molar-refractivity contribution >= 4 is 27.4 Å². The van der Waals surface area contributed by atoms with E-state index in [9.17, 15) is 13.2 Å². The minimum absolute atomic E-state index is 0.139. The molecule has 0 spiro atoms. The molecule has 1 N–H and O–H groups in total. The zero-order chi connectivity index (χ0) is 18.3. The summed E-state index contributed by atoms with van der Waals surface area (Å²) in [6.45, 7) is 4.66. The summed E-state index contributed by atoms with van der Waals surface area (Å²) < 4.78 is 30.3. The fourth-order valence-electron chi connectivity index (χ4n) is 2.63. The van der Waals surface area contributed by atoms with E-state index in [1.165, 1.54) is 10.6 Å². The van der Waals surface area contributed by atoms with Gasteiger partial charge in [-0.2, -0.15) is 15.6 Å². The number of carbonyl (C=O) groups excluding carboxylic acids is 1. The van der Waals surface area contributed by atoms with Gasteiger partial charge in [0.2, 0.25) is 10.0 Å². The zero-order valence-electron chi connectivity index (χ0n) is 14.8. The first-order valence-corrected chi connectivity index (χ1v) is 11.3. The van der Waals surface area contributed by atoms with E-state index in [1.54, 1.807) is 16.2 Å². The molecule has 1 fully saturated rings. The van der Waals surface area contributed by atoms with Gasteiger partial charge >= 0.3 is 6.03 Å². The minimum atomic E-state index is -3.23.